The van der Waals surface area contributed by atoms with Gasteiger partial charge < -0.3 is 13.9 Å². The molecule has 0 amide bonds. The van der Waals surface area contributed by atoms with Crippen LogP contribution in [0.5, 0.6) is 5.75 Å². The molecule has 1 fully saturated rings. The van der Waals surface area contributed by atoms with Gasteiger partial charge in [-0.3, -0.25) is 9.69 Å². The van der Waals surface area contributed by atoms with Gasteiger partial charge in [-0.1, -0.05) is 6.42 Å². The summed E-state index contributed by atoms with van der Waals surface area (Å²) in [6.07, 6.45) is 3.51. The number of halogens is 1. The van der Waals surface area contributed by atoms with Crippen LogP contribution >= 0.6 is 0 Å². The number of carbonyl (C=O) groups excluding carboxylic acids is 1. The Labute approximate surface area is 164 Å². The second-order valence-corrected chi connectivity index (χ2v) is 7.00. The van der Waals surface area contributed by atoms with Crippen molar-refractivity contribution in [1.82, 2.24) is 9.88 Å². The van der Waals surface area contributed by atoms with E-state index in [0.717, 1.165) is 31.5 Å². The second kappa shape index (κ2) is 9.19. The zero-order chi connectivity index (χ0) is 20.1. The number of rotatable bonds is 7. The van der Waals surface area contributed by atoms with Crippen LogP contribution in [-0.2, 0) is 16.1 Å². The number of hydrogen-bond acceptors (Lipinski definition) is 6. The summed E-state index contributed by atoms with van der Waals surface area (Å²) in [6, 6.07) is 4.73. The Bertz CT molecular complexity index is 821. The van der Waals surface area contributed by atoms with E-state index in [0.29, 0.717) is 36.6 Å². The molecular weight excluding hydrogens is 363 g/mol. The SMILES string of the molecule is CCOC(=O)CC1CCCCN1Cc1nc(-c2ccc(OC)cc2F)oc1C. The van der Waals surface area contributed by atoms with E-state index < -0.39 is 5.82 Å². The maximum absolute atomic E-state index is 14.4. The number of aryl methyl sites for hydroxylation is 1. The van der Waals surface area contributed by atoms with E-state index >= 15 is 0 Å². The number of hydrogen-bond donors (Lipinski definition) is 0. The average Bonchev–Trinajstić information content (AvgIpc) is 3.03. The molecule has 2 heterocycles. The number of esters is 1. The summed E-state index contributed by atoms with van der Waals surface area (Å²) < 4.78 is 30.2. The first-order chi connectivity index (χ1) is 13.5. The molecule has 1 unspecified atom stereocenters. The Morgan fingerprint density at radius 3 is 2.93 bits per heavy atom. The highest BCUT2D eigenvalue weighted by Gasteiger charge is 2.27. The molecular formula is C21H27FN2O4. The molecule has 1 aromatic heterocycles. The number of likely N-dealkylation sites (tertiary alicyclic amines) is 1. The van der Waals surface area contributed by atoms with E-state index in [2.05, 4.69) is 9.88 Å². The zero-order valence-electron chi connectivity index (χ0n) is 16.7. The lowest BCUT2D eigenvalue weighted by Gasteiger charge is -2.34. The Morgan fingerprint density at radius 1 is 1.39 bits per heavy atom. The average molecular weight is 390 g/mol. The summed E-state index contributed by atoms with van der Waals surface area (Å²) in [5.74, 6) is 0.750. The lowest BCUT2D eigenvalue weighted by Crippen LogP contribution is -2.40. The number of aromatic nitrogens is 1. The van der Waals surface area contributed by atoms with Gasteiger partial charge in [0.05, 0.1) is 31.4 Å². The van der Waals surface area contributed by atoms with E-state index in [9.17, 15) is 9.18 Å². The maximum Gasteiger partial charge on any atom is 0.307 e. The number of methoxy groups -OCH3 is 1. The lowest BCUT2D eigenvalue weighted by atomic mass is 9.99. The number of piperidine rings is 1. The fourth-order valence-corrected chi connectivity index (χ4v) is 3.59. The van der Waals surface area contributed by atoms with Crippen LogP contribution < -0.4 is 4.74 Å². The topological polar surface area (TPSA) is 64.8 Å². The molecule has 1 aromatic carbocycles. The normalized spacial score (nSPS) is 17.5. The highest BCUT2D eigenvalue weighted by molar-refractivity contribution is 5.70. The van der Waals surface area contributed by atoms with Crippen molar-refractivity contribution >= 4 is 5.97 Å². The third-order valence-electron chi connectivity index (χ3n) is 5.11. The molecule has 1 aliphatic rings. The van der Waals surface area contributed by atoms with Gasteiger partial charge in [0.15, 0.2) is 0 Å². The summed E-state index contributed by atoms with van der Waals surface area (Å²) in [4.78, 5) is 18.7. The minimum Gasteiger partial charge on any atom is -0.497 e. The van der Waals surface area contributed by atoms with E-state index in [1.165, 1.54) is 13.2 Å². The first kappa shape index (κ1) is 20.3. The molecule has 2 aromatic rings. The van der Waals surface area contributed by atoms with Crippen LogP contribution in [-0.4, -0.2) is 42.2 Å². The first-order valence-electron chi connectivity index (χ1n) is 9.71. The minimum absolute atomic E-state index is 0.130. The standard InChI is InChI=1S/C21H27FN2O4/c1-4-27-20(25)11-15-7-5-6-10-24(15)13-19-14(2)28-21(23-19)17-9-8-16(26-3)12-18(17)22/h8-9,12,15H,4-7,10-11,13H2,1-3H3. The van der Waals surface area contributed by atoms with E-state index in [4.69, 9.17) is 13.9 Å². The van der Waals surface area contributed by atoms with Crippen molar-refractivity contribution in [2.24, 2.45) is 0 Å². The predicted octanol–water partition coefficient (Wildman–Crippen LogP) is 4.11. The monoisotopic (exact) mass is 390 g/mol. The van der Waals surface area contributed by atoms with Crippen molar-refractivity contribution in [1.29, 1.82) is 0 Å². The largest absolute Gasteiger partial charge is 0.497 e. The van der Waals surface area contributed by atoms with Gasteiger partial charge in [0, 0.05) is 18.7 Å². The van der Waals surface area contributed by atoms with E-state index in [-0.39, 0.29) is 17.9 Å². The molecule has 152 valence electrons. The molecule has 1 atom stereocenters. The molecule has 0 N–H and O–H groups in total. The predicted molar refractivity (Wildman–Crippen MR) is 102 cm³/mol. The number of nitrogens with zero attached hydrogens (tertiary/aromatic N) is 2. The van der Waals surface area contributed by atoms with Gasteiger partial charge in [-0.05, 0) is 45.4 Å². The summed E-state index contributed by atoms with van der Waals surface area (Å²) >= 11 is 0. The number of ether oxygens (including phenoxy) is 2. The van der Waals surface area contributed by atoms with Gasteiger partial charge in [0.2, 0.25) is 5.89 Å². The highest BCUT2D eigenvalue weighted by atomic mass is 19.1. The van der Waals surface area contributed by atoms with Crippen molar-refractivity contribution in [2.45, 2.75) is 52.1 Å². The third kappa shape index (κ3) is 4.70. The van der Waals surface area contributed by atoms with Crippen molar-refractivity contribution in [2.75, 3.05) is 20.3 Å². The Kier molecular flexibility index (Phi) is 6.67. The minimum atomic E-state index is -0.440. The molecule has 3 rings (SSSR count). The molecule has 0 radical (unpaired) electrons. The third-order valence-corrected chi connectivity index (χ3v) is 5.11. The van der Waals surface area contributed by atoms with E-state index in [1.807, 2.05) is 13.8 Å². The Morgan fingerprint density at radius 2 is 2.21 bits per heavy atom. The molecule has 0 aliphatic carbocycles. The molecule has 0 saturated carbocycles. The molecule has 6 nitrogen and oxygen atoms in total. The molecule has 1 aliphatic heterocycles. The van der Waals surface area contributed by atoms with Crippen LogP contribution in [0.4, 0.5) is 4.39 Å². The van der Waals surface area contributed by atoms with Crippen molar-refractivity contribution in [3.8, 4) is 17.2 Å². The van der Waals surface area contributed by atoms with Gasteiger partial charge in [0.25, 0.3) is 0 Å². The van der Waals surface area contributed by atoms with Crippen molar-refractivity contribution in [3.63, 3.8) is 0 Å². The molecule has 1 saturated heterocycles. The molecule has 0 spiro atoms. The van der Waals surface area contributed by atoms with Gasteiger partial charge >= 0.3 is 5.97 Å². The number of benzene rings is 1. The first-order valence-corrected chi connectivity index (χ1v) is 9.71. The fraction of sp³-hybridized carbons (Fsp3) is 0.524. The molecule has 0 bridgehead atoms. The molecule has 28 heavy (non-hydrogen) atoms. The number of carbonyl (C=O) groups is 1. The summed E-state index contributed by atoms with van der Waals surface area (Å²) in [5.41, 5.74) is 1.07. The maximum atomic E-state index is 14.4. The van der Waals surface area contributed by atoms with Crippen LogP contribution in [0, 0.1) is 12.7 Å². The molecule has 7 heteroatoms. The Hall–Kier alpha value is -2.41. The summed E-state index contributed by atoms with van der Waals surface area (Å²) in [7, 11) is 1.49. The van der Waals surface area contributed by atoms with Crippen LogP contribution in [0.15, 0.2) is 22.6 Å². The highest BCUT2D eigenvalue weighted by Crippen LogP contribution is 2.29. The van der Waals surface area contributed by atoms with Crippen LogP contribution in [0.3, 0.4) is 0 Å². The summed E-state index contributed by atoms with van der Waals surface area (Å²) in [5, 5.41) is 0. The van der Waals surface area contributed by atoms with Crippen LogP contribution in [0.2, 0.25) is 0 Å². The van der Waals surface area contributed by atoms with Gasteiger partial charge in [-0.2, -0.15) is 0 Å². The summed E-state index contributed by atoms with van der Waals surface area (Å²) in [6.45, 7) is 5.50. The fourth-order valence-electron chi connectivity index (χ4n) is 3.59. The Balaban J connectivity index is 1.76. The van der Waals surface area contributed by atoms with Crippen LogP contribution in [0.1, 0.15) is 44.1 Å². The lowest BCUT2D eigenvalue weighted by molar-refractivity contribution is -0.145. The van der Waals surface area contributed by atoms with E-state index in [1.54, 1.807) is 12.1 Å². The van der Waals surface area contributed by atoms with Gasteiger partial charge in [-0.25, -0.2) is 9.37 Å². The van der Waals surface area contributed by atoms with Crippen molar-refractivity contribution < 1.29 is 23.1 Å². The zero-order valence-corrected chi connectivity index (χ0v) is 16.7. The second-order valence-electron chi connectivity index (χ2n) is 7.00. The van der Waals surface area contributed by atoms with Gasteiger partial charge in [-0.15, -0.1) is 0 Å². The smallest absolute Gasteiger partial charge is 0.307 e. The van der Waals surface area contributed by atoms with Crippen molar-refractivity contribution in [3.05, 3.63) is 35.5 Å². The van der Waals surface area contributed by atoms with Gasteiger partial charge in [0.1, 0.15) is 17.3 Å². The van der Waals surface area contributed by atoms with Crippen LogP contribution in [0.25, 0.3) is 11.5 Å². The number of oxazole rings is 1. The quantitative estimate of drug-likeness (QED) is 0.663.